The Morgan fingerprint density at radius 1 is 1.05 bits per heavy atom. The number of nitrogens with one attached hydrogen (secondary N) is 1. The molecule has 110 valence electrons. The minimum absolute atomic E-state index is 0.234. The zero-order valence-electron chi connectivity index (χ0n) is 12.0. The van der Waals surface area contributed by atoms with Gasteiger partial charge >= 0.3 is 0 Å². The number of phenolic OH excluding ortho intramolecular Hbond substituents is 1. The molecule has 0 spiro atoms. The molecule has 0 aliphatic carbocycles. The molecule has 6 nitrogen and oxygen atoms in total. The molecule has 0 bridgehead atoms. The quantitative estimate of drug-likeness (QED) is 0.723. The number of benzene rings is 2. The lowest BCUT2D eigenvalue weighted by Crippen LogP contribution is -1.99. The van der Waals surface area contributed by atoms with Crippen LogP contribution < -0.4 is 5.32 Å². The van der Waals surface area contributed by atoms with Gasteiger partial charge in [0.15, 0.2) is 5.82 Å². The van der Waals surface area contributed by atoms with E-state index in [0.29, 0.717) is 5.82 Å². The van der Waals surface area contributed by atoms with E-state index in [4.69, 9.17) is 0 Å². The van der Waals surface area contributed by atoms with E-state index in [2.05, 4.69) is 20.8 Å². The predicted octanol–water partition coefficient (Wildman–Crippen LogP) is 2.76. The van der Waals surface area contributed by atoms with Crippen LogP contribution >= 0.6 is 0 Å². The van der Waals surface area contributed by atoms with Crippen molar-refractivity contribution in [1.82, 2.24) is 20.2 Å². The summed E-state index contributed by atoms with van der Waals surface area (Å²) in [6, 6.07) is 14.8. The zero-order valence-corrected chi connectivity index (χ0v) is 12.0. The fourth-order valence-corrected chi connectivity index (χ4v) is 1.94. The average molecular weight is 293 g/mol. The molecule has 0 saturated heterocycles. The van der Waals surface area contributed by atoms with Gasteiger partial charge in [-0.3, -0.25) is 0 Å². The van der Waals surface area contributed by atoms with Crippen molar-refractivity contribution in [1.29, 1.82) is 0 Å². The molecule has 3 aromatic rings. The number of tetrazole rings is 1. The first kappa shape index (κ1) is 13.8. The second kappa shape index (κ2) is 6.09. The van der Waals surface area contributed by atoms with Crippen LogP contribution in [0.5, 0.6) is 5.75 Å². The summed E-state index contributed by atoms with van der Waals surface area (Å²) in [7, 11) is 0. The molecule has 2 aromatic carbocycles. The van der Waals surface area contributed by atoms with Crippen LogP contribution in [0.15, 0.2) is 54.7 Å². The van der Waals surface area contributed by atoms with Gasteiger partial charge in [0, 0.05) is 18.0 Å². The fourth-order valence-electron chi connectivity index (χ4n) is 1.94. The van der Waals surface area contributed by atoms with Crippen LogP contribution in [0.4, 0.5) is 5.69 Å². The molecule has 6 heteroatoms. The summed E-state index contributed by atoms with van der Waals surface area (Å²) in [5.41, 5.74) is 2.95. The van der Waals surface area contributed by atoms with Crippen LogP contribution in [0.25, 0.3) is 11.8 Å². The minimum atomic E-state index is 0.234. The monoisotopic (exact) mass is 293 g/mol. The number of rotatable bonds is 4. The van der Waals surface area contributed by atoms with Crippen LogP contribution in [0.1, 0.15) is 11.4 Å². The van der Waals surface area contributed by atoms with Gasteiger partial charge in [0.2, 0.25) is 0 Å². The third-order valence-electron chi connectivity index (χ3n) is 3.12. The first-order valence-corrected chi connectivity index (χ1v) is 6.80. The molecule has 0 saturated carbocycles. The lowest BCUT2D eigenvalue weighted by atomic mass is 10.2. The predicted molar refractivity (Wildman–Crippen MR) is 84.7 cm³/mol. The zero-order chi connectivity index (χ0) is 15.4. The van der Waals surface area contributed by atoms with E-state index in [1.165, 1.54) is 5.56 Å². The van der Waals surface area contributed by atoms with Crippen LogP contribution in [-0.2, 0) is 0 Å². The Labute approximate surface area is 127 Å². The van der Waals surface area contributed by atoms with Gasteiger partial charge in [0.25, 0.3) is 0 Å². The largest absolute Gasteiger partial charge is 0.508 e. The van der Waals surface area contributed by atoms with Gasteiger partial charge in [-0.25, -0.2) is 0 Å². The molecule has 0 atom stereocenters. The number of aryl methyl sites for hydroxylation is 1. The number of nitrogens with zero attached hydrogens (tertiary/aromatic N) is 4. The van der Waals surface area contributed by atoms with Crippen LogP contribution in [0.2, 0.25) is 0 Å². The maximum Gasteiger partial charge on any atom is 0.181 e. The molecule has 2 N–H and O–H groups in total. The third kappa shape index (κ3) is 3.12. The topological polar surface area (TPSA) is 75.9 Å². The standard InChI is InChI=1S/C16H15N5O/c1-12-2-6-14(7-3-12)21-16(18-19-20-21)10-11-17-13-4-8-15(22)9-5-13/h2-11,17,22H,1H3/b11-10-. The molecule has 22 heavy (non-hydrogen) atoms. The van der Waals surface area contributed by atoms with Crippen LogP contribution in [-0.4, -0.2) is 25.3 Å². The number of aromatic nitrogens is 4. The van der Waals surface area contributed by atoms with Gasteiger partial charge in [0.1, 0.15) is 5.75 Å². The van der Waals surface area contributed by atoms with Gasteiger partial charge in [-0.15, -0.1) is 5.10 Å². The Morgan fingerprint density at radius 2 is 1.77 bits per heavy atom. The van der Waals surface area contributed by atoms with Crippen molar-refractivity contribution in [2.75, 3.05) is 5.32 Å². The maximum absolute atomic E-state index is 9.24. The Morgan fingerprint density at radius 3 is 2.50 bits per heavy atom. The Kier molecular flexibility index (Phi) is 3.82. The second-order valence-corrected chi connectivity index (χ2v) is 4.81. The average Bonchev–Trinajstić information content (AvgIpc) is 2.98. The smallest absolute Gasteiger partial charge is 0.181 e. The number of hydrogen-bond donors (Lipinski definition) is 2. The van der Waals surface area contributed by atoms with Crippen molar-refractivity contribution in [2.45, 2.75) is 6.92 Å². The summed E-state index contributed by atoms with van der Waals surface area (Å²) in [5.74, 6) is 0.855. The van der Waals surface area contributed by atoms with Crippen molar-refractivity contribution in [2.24, 2.45) is 0 Å². The van der Waals surface area contributed by atoms with Crippen LogP contribution in [0.3, 0.4) is 0 Å². The lowest BCUT2D eigenvalue weighted by Gasteiger charge is -2.03. The van der Waals surface area contributed by atoms with Crippen molar-refractivity contribution >= 4 is 11.8 Å². The van der Waals surface area contributed by atoms with E-state index in [1.54, 1.807) is 41.2 Å². The van der Waals surface area contributed by atoms with Gasteiger partial charge in [-0.1, -0.05) is 17.7 Å². The summed E-state index contributed by atoms with van der Waals surface area (Å²) in [6.45, 7) is 2.03. The minimum Gasteiger partial charge on any atom is -0.508 e. The maximum atomic E-state index is 9.24. The van der Waals surface area contributed by atoms with Gasteiger partial charge in [-0.05, 0) is 53.7 Å². The van der Waals surface area contributed by atoms with Crippen molar-refractivity contribution < 1.29 is 5.11 Å². The number of phenols is 1. The Balaban J connectivity index is 1.76. The van der Waals surface area contributed by atoms with Crippen molar-refractivity contribution in [3.8, 4) is 11.4 Å². The highest BCUT2D eigenvalue weighted by atomic mass is 16.3. The van der Waals surface area contributed by atoms with Gasteiger partial charge in [-0.2, -0.15) is 4.68 Å². The molecule has 0 fully saturated rings. The molecule has 1 aromatic heterocycles. The van der Waals surface area contributed by atoms with E-state index >= 15 is 0 Å². The molecular weight excluding hydrogens is 278 g/mol. The molecule has 0 unspecified atom stereocenters. The van der Waals surface area contributed by atoms with Crippen molar-refractivity contribution in [3.05, 3.63) is 66.1 Å². The van der Waals surface area contributed by atoms with E-state index < -0.39 is 0 Å². The molecule has 0 aliphatic rings. The highest BCUT2D eigenvalue weighted by Gasteiger charge is 2.04. The first-order chi connectivity index (χ1) is 10.7. The molecule has 3 rings (SSSR count). The molecular formula is C16H15N5O. The SMILES string of the molecule is Cc1ccc(-n2nnnc2/C=C\Nc2ccc(O)cc2)cc1. The van der Waals surface area contributed by atoms with E-state index in [9.17, 15) is 5.11 Å². The summed E-state index contributed by atoms with van der Waals surface area (Å²) in [4.78, 5) is 0. The van der Waals surface area contributed by atoms with Gasteiger partial charge < -0.3 is 10.4 Å². The highest BCUT2D eigenvalue weighted by Crippen LogP contribution is 2.14. The van der Waals surface area contributed by atoms with E-state index in [0.717, 1.165) is 11.4 Å². The lowest BCUT2D eigenvalue weighted by molar-refractivity contribution is 0.475. The first-order valence-electron chi connectivity index (χ1n) is 6.80. The van der Waals surface area contributed by atoms with Crippen LogP contribution in [0, 0.1) is 6.92 Å². The molecule has 0 radical (unpaired) electrons. The summed E-state index contributed by atoms with van der Waals surface area (Å²) < 4.78 is 1.66. The third-order valence-corrected chi connectivity index (χ3v) is 3.12. The molecule has 0 amide bonds. The second-order valence-electron chi connectivity index (χ2n) is 4.81. The normalized spacial score (nSPS) is 11.0. The summed E-state index contributed by atoms with van der Waals surface area (Å²) in [6.07, 6.45) is 3.54. The van der Waals surface area contributed by atoms with Gasteiger partial charge in [0.05, 0.1) is 5.69 Å². The summed E-state index contributed by atoms with van der Waals surface area (Å²) >= 11 is 0. The number of anilines is 1. The number of aromatic hydroxyl groups is 1. The molecule has 1 heterocycles. The fraction of sp³-hybridized carbons (Fsp3) is 0.0625. The Bertz CT molecular complexity index is 775. The number of hydrogen-bond acceptors (Lipinski definition) is 5. The molecule has 0 aliphatic heterocycles. The highest BCUT2D eigenvalue weighted by molar-refractivity contribution is 5.53. The van der Waals surface area contributed by atoms with Crippen molar-refractivity contribution in [3.63, 3.8) is 0 Å². The Hall–Kier alpha value is -3.15. The van der Waals surface area contributed by atoms with E-state index in [1.807, 2.05) is 31.2 Å². The van der Waals surface area contributed by atoms with E-state index in [-0.39, 0.29) is 5.75 Å². The summed E-state index contributed by atoms with van der Waals surface area (Å²) in [5, 5.41) is 24.0.